The zero-order chi connectivity index (χ0) is 26.1. The van der Waals surface area contributed by atoms with Crippen molar-refractivity contribution >= 4 is 23.5 Å². The van der Waals surface area contributed by atoms with Crippen LogP contribution in [0.1, 0.15) is 28.7 Å². The number of hydrogen-bond donors (Lipinski definition) is 1. The third-order valence-electron chi connectivity index (χ3n) is 5.34. The Hall–Kier alpha value is -3.36. The van der Waals surface area contributed by atoms with Crippen molar-refractivity contribution in [2.45, 2.75) is 32.2 Å². The molecule has 0 aliphatic carbocycles. The largest absolute Gasteiger partial charge is 0.469 e. The Balaban J connectivity index is 1.72. The molecule has 0 aliphatic rings. The predicted molar refractivity (Wildman–Crippen MR) is 130 cm³/mol. The van der Waals surface area contributed by atoms with Crippen molar-refractivity contribution in [3.05, 3.63) is 94.0 Å². The number of carbonyl (C=O) groups is 2. The number of carbonyl (C=O) groups excluding carboxylic acids is 2. The van der Waals surface area contributed by atoms with Crippen LogP contribution in [-0.4, -0.2) is 25.6 Å². The van der Waals surface area contributed by atoms with Crippen molar-refractivity contribution in [1.29, 1.82) is 0 Å². The molecule has 0 aromatic heterocycles. The lowest BCUT2D eigenvalue weighted by molar-refractivity contribution is -0.145. The van der Waals surface area contributed by atoms with Gasteiger partial charge >= 0.3 is 18.1 Å². The van der Waals surface area contributed by atoms with E-state index in [1.165, 1.54) is 13.2 Å². The quantitative estimate of drug-likeness (QED) is 0.264. The summed E-state index contributed by atoms with van der Waals surface area (Å²) in [4.78, 5) is 23.7. The monoisotopic (exact) mass is 519 g/mol. The Morgan fingerprint density at radius 2 is 1.69 bits per heavy atom. The van der Waals surface area contributed by atoms with Crippen LogP contribution in [-0.2, 0) is 44.8 Å². The van der Waals surface area contributed by atoms with Crippen LogP contribution in [0.2, 0.25) is 5.02 Å². The summed E-state index contributed by atoms with van der Waals surface area (Å²) in [5, 5.41) is 3.35. The highest BCUT2D eigenvalue weighted by Gasteiger charge is 2.31. The second-order valence-electron chi connectivity index (χ2n) is 8.04. The topological polar surface area (TPSA) is 64.6 Å². The van der Waals surface area contributed by atoms with E-state index in [-0.39, 0.29) is 32.5 Å². The molecule has 0 amide bonds. The number of methoxy groups -OCH3 is 1. The van der Waals surface area contributed by atoms with Gasteiger partial charge in [0.15, 0.2) is 0 Å². The van der Waals surface area contributed by atoms with E-state index in [4.69, 9.17) is 16.3 Å². The third-order valence-corrected chi connectivity index (χ3v) is 5.56. The maximum absolute atomic E-state index is 13.4. The molecule has 3 aromatic rings. The van der Waals surface area contributed by atoms with Gasteiger partial charge in [0.1, 0.15) is 6.61 Å². The minimum atomic E-state index is -4.51. The highest BCUT2D eigenvalue weighted by atomic mass is 35.5. The first-order chi connectivity index (χ1) is 17.2. The van der Waals surface area contributed by atoms with E-state index in [0.29, 0.717) is 27.3 Å². The molecular weight excluding hydrogens is 495 g/mol. The summed E-state index contributed by atoms with van der Waals surface area (Å²) in [6.45, 7) is 0.441. The Morgan fingerprint density at radius 1 is 0.944 bits per heavy atom. The smallest absolute Gasteiger partial charge is 0.416 e. The molecule has 0 spiro atoms. The molecule has 0 radical (unpaired) electrons. The molecule has 1 N–H and O–H groups in total. The van der Waals surface area contributed by atoms with Crippen molar-refractivity contribution in [2.75, 3.05) is 13.7 Å². The van der Waals surface area contributed by atoms with Crippen LogP contribution < -0.4 is 5.32 Å². The number of alkyl halides is 3. The van der Waals surface area contributed by atoms with Crippen molar-refractivity contribution < 1.29 is 32.2 Å². The predicted octanol–water partition coefficient (Wildman–Crippen LogP) is 5.96. The van der Waals surface area contributed by atoms with Gasteiger partial charge in [-0.15, -0.1) is 0 Å². The fraction of sp³-hybridized carbons (Fsp3) is 0.259. The Labute approximate surface area is 212 Å². The molecule has 0 aliphatic heterocycles. The Bertz CT molecular complexity index is 1200. The standard InChI is InChI=1S/C27H25ClF3NO4/c1-35-26(34)13-19-11-20(15-23(28)12-19)24-8-7-22(27(29,30)31)14-21(24)16-32-10-9-25(33)36-17-18-5-3-2-4-6-18/h2-8,11-12,14-15,32H,9-10,13,16-17H2,1H3. The van der Waals surface area contributed by atoms with Crippen LogP contribution in [0.4, 0.5) is 13.2 Å². The number of rotatable bonds is 10. The van der Waals surface area contributed by atoms with Gasteiger partial charge in [-0.25, -0.2) is 0 Å². The van der Waals surface area contributed by atoms with Crippen molar-refractivity contribution in [3.63, 3.8) is 0 Å². The molecule has 0 saturated heterocycles. The first-order valence-electron chi connectivity index (χ1n) is 11.1. The van der Waals surface area contributed by atoms with E-state index in [0.717, 1.165) is 17.7 Å². The fourth-order valence-corrected chi connectivity index (χ4v) is 3.83. The molecule has 0 heterocycles. The summed E-state index contributed by atoms with van der Waals surface area (Å²) in [5.41, 5.74) is 2.10. The number of halogens is 4. The number of nitrogens with one attached hydrogen (secondary N) is 1. The average molecular weight is 520 g/mol. The number of ether oxygens (including phenoxy) is 2. The van der Waals surface area contributed by atoms with E-state index in [9.17, 15) is 22.8 Å². The zero-order valence-electron chi connectivity index (χ0n) is 19.5. The first kappa shape index (κ1) is 27.2. The van der Waals surface area contributed by atoms with E-state index in [1.54, 1.807) is 18.2 Å². The molecule has 5 nitrogen and oxygen atoms in total. The highest BCUT2D eigenvalue weighted by Crippen LogP contribution is 2.34. The van der Waals surface area contributed by atoms with Crippen molar-refractivity contribution in [1.82, 2.24) is 5.32 Å². The van der Waals surface area contributed by atoms with Gasteiger partial charge in [-0.2, -0.15) is 13.2 Å². The van der Waals surface area contributed by atoms with Crippen LogP contribution in [0, 0.1) is 0 Å². The molecule has 0 fully saturated rings. The third kappa shape index (κ3) is 8.10. The number of benzene rings is 3. The van der Waals surface area contributed by atoms with Gasteiger partial charge in [-0.05, 0) is 52.1 Å². The molecule has 190 valence electrons. The van der Waals surface area contributed by atoms with Gasteiger partial charge in [-0.3, -0.25) is 9.59 Å². The summed E-state index contributed by atoms with van der Waals surface area (Å²) in [6, 6.07) is 17.6. The zero-order valence-corrected chi connectivity index (χ0v) is 20.3. The fourth-order valence-electron chi connectivity index (χ4n) is 3.57. The maximum Gasteiger partial charge on any atom is 0.416 e. The molecule has 0 bridgehead atoms. The second kappa shape index (κ2) is 12.6. The van der Waals surface area contributed by atoms with Crippen LogP contribution >= 0.6 is 11.6 Å². The Kier molecular flexibility index (Phi) is 9.50. The average Bonchev–Trinajstić information content (AvgIpc) is 2.85. The minimum Gasteiger partial charge on any atom is -0.469 e. The van der Waals surface area contributed by atoms with E-state index in [1.807, 2.05) is 30.3 Å². The van der Waals surface area contributed by atoms with E-state index in [2.05, 4.69) is 10.1 Å². The molecule has 0 saturated carbocycles. The number of esters is 2. The molecule has 9 heteroatoms. The maximum atomic E-state index is 13.4. The summed E-state index contributed by atoms with van der Waals surface area (Å²) in [7, 11) is 1.27. The van der Waals surface area contributed by atoms with Gasteiger partial charge < -0.3 is 14.8 Å². The summed E-state index contributed by atoms with van der Waals surface area (Å²) >= 11 is 6.22. The first-order valence-corrected chi connectivity index (χ1v) is 11.5. The van der Waals surface area contributed by atoms with Gasteiger partial charge in [0.05, 0.1) is 25.5 Å². The molecule has 36 heavy (non-hydrogen) atoms. The summed E-state index contributed by atoms with van der Waals surface area (Å²) in [5.74, 6) is -0.880. The SMILES string of the molecule is COC(=O)Cc1cc(Cl)cc(-c2ccc(C(F)(F)F)cc2CNCCC(=O)OCc2ccccc2)c1. The highest BCUT2D eigenvalue weighted by molar-refractivity contribution is 6.31. The van der Waals surface area contributed by atoms with Crippen LogP contribution in [0.25, 0.3) is 11.1 Å². The van der Waals surface area contributed by atoms with Gasteiger partial charge in [0.2, 0.25) is 0 Å². The Morgan fingerprint density at radius 3 is 2.39 bits per heavy atom. The van der Waals surface area contributed by atoms with Crippen molar-refractivity contribution in [3.8, 4) is 11.1 Å². The van der Waals surface area contributed by atoms with E-state index < -0.39 is 23.7 Å². The summed E-state index contributed by atoms with van der Waals surface area (Å²) < 4.78 is 50.0. The van der Waals surface area contributed by atoms with E-state index >= 15 is 0 Å². The van der Waals surface area contributed by atoms with Gasteiger partial charge in [0, 0.05) is 18.1 Å². The summed E-state index contributed by atoms with van der Waals surface area (Å²) in [6.07, 6.45) is -4.48. The second-order valence-corrected chi connectivity index (χ2v) is 8.48. The normalized spacial score (nSPS) is 11.2. The van der Waals surface area contributed by atoms with Crippen LogP contribution in [0.5, 0.6) is 0 Å². The van der Waals surface area contributed by atoms with Gasteiger partial charge in [-0.1, -0.05) is 54.1 Å². The van der Waals surface area contributed by atoms with Crippen LogP contribution in [0.15, 0.2) is 66.7 Å². The van der Waals surface area contributed by atoms with Gasteiger partial charge in [0.25, 0.3) is 0 Å². The lowest BCUT2D eigenvalue weighted by Gasteiger charge is -2.16. The molecule has 3 rings (SSSR count). The molecule has 0 atom stereocenters. The molecule has 0 unspecified atom stereocenters. The van der Waals surface area contributed by atoms with Crippen molar-refractivity contribution in [2.24, 2.45) is 0 Å². The van der Waals surface area contributed by atoms with Crippen LogP contribution in [0.3, 0.4) is 0 Å². The molecular formula is C27H25ClF3NO4. The molecule has 3 aromatic carbocycles. The lowest BCUT2D eigenvalue weighted by Crippen LogP contribution is -2.20. The lowest BCUT2D eigenvalue weighted by atomic mass is 9.95. The minimum absolute atomic E-state index is 0.0244. The number of hydrogen-bond acceptors (Lipinski definition) is 5.